The van der Waals surface area contributed by atoms with Gasteiger partial charge in [-0.3, -0.25) is 4.90 Å². The highest BCUT2D eigenvalue weighted by Gasteiger charge is 2.31. The molecular weight excluding hydrogens is 480 g/mol. The van der Waals surface area contributed by atoms with Crippen LogP contribution in [0.25, 0.3) is 0 Å². The molecule has 0 bridgehead atoms. The van der Waals surface area contributed by atoms with Crippen LogP contribution in [-0.2, 0) is 23.0 Å². The minimum Gasteiger partial charge on any atom is -0.472 e. The van der Waals surface area contributed by atoms with Gasteiger partial charge in [-0.05, 0) is 60.2 Å². The van der Waals surface area contributed by atoms with E-state index in [1.807, 2.05) is 13.0 Å². The largest absolute Gasteiger partial charge is 0.472 e. The summed E-state index contributed by atoms with van der Waals surface area (Å²) in [7, 11) is -3.88. The summed E-state index contributed by atoms with van der Waals surface area (Å²) < 4.78 is 63.0. The Bertz CT molecular complexity index is 1300. The number of fused-ring (bicyclic) bond motifs is 1. The summed E-state index contributed by atoms with van der Waals surface area (Å²) in [4.78, 5) is 10.6. The van der Waals surface area contributed by atoms with Gasteiger partial charge in [-0.2, -0.15) is 4.98 Å². The molecule has 1 aliphatic heterocycles. The van der Waals surface area contributed by atoms with Crippen LogP contribution in [0.15, 0.2) is 45.9 Å². The molecule has 1 fully saturated rings. The van der Waals surface area contributed by atoms with Crippen molar-refractivity contribution in [3.05, 3.63) is 59.1 Å². The Kier molecular flexibility index (Phi) is 6.41. The summed E-state index contributed by atoms with van der Waals surface area (Å²) in [6.45, 7) is 2.67. The van der Waals surface area contributed by atoms with E-state index in [1.54, 1.807) is 30.5 Å². The zero-order chi connectivity index (χ0) is 24.6. The highest BCUT2D eigenvalue weighted by Crippen LogP contribution is 2.39. The number of sulfonamides is 1. The van der Waals surface area contributed by atoms with Crippen LogP contribution in [0.4, 0.5) is 14.7 Å². The van der Waals surface area contributed by atoms with Crippen LogP contribution < -0.4 is 9.46 Å². The van der Waals surface area contributed by atoms with Crippen LogP contribution in [0.3, 0.4) is 0 Å². The second-order valence-corrected chi connectivity index (χ2v) is 10.5. The maximum absolute atomic E-state index is 12.9. The van der Waals surface area contributed by atoms with Gasteiger partial charge < -0.3 is 9.26 Å². The van der Waals surface area contributed by atoms with E-state index in [0.29, 0.717) is 12.4 Å². The Morgan fingerprint density at radius 3 is 2.77 bits per heavy atom. The van der Waals surface area contributed by atoms with Crippen molar-refractivity contribution in [3.8, 4) is 5.88 Å². The van der Waals surface area contributed by atoms with Crippen molar-refractivity contribution < 1.29 is 26.5 Å². The van der Waals surface area contributed by atoms with E-state index in [9.17, 15) is 17.2 Å². The van der Waals surface area contributed by atoms with Gasteiger partial charge in [-0.25, -0.2) is 26.9 Å². The number of nitrogens with zero attached hydrogens (tertiary/aromatic N) is 4. The van der Waals surface area contributed by atoms with Gasteiger partial charge in [0.05, 0.1) is 4.90 Å². The van der Waals surface area contributed by atoms with Crippen LogP contribution in [0.1, 0.15) is 54.3 Å². The third kappa shape index (κ3) is 5.43. The number of rotatable bonds is 9. The van der Waals surface area contributed by atoms with Crippen LogP contribution in [0, 0.1) is 0 Å². The molecule has 0 radical (unpaired) electrons. The van der Waals surface area contributed by atoms with Crippen molar-refractivity contribution in [2.45, 2.75) is 56.0 Å². The number of aromatic nitrogens is 3. The third-order valence-corrected chi connectivity index (χ3v) is 7.60. The van der Waals surface area contributed by atoms with Crippen molar-refractivity contribution in [3.63, 3.8) is 0 Å². The molecule has 2 aliphatic rings. The SMILES string of the molecule is CC(c1ccc(OCC(F)F)nc1)N1CCc2ccc(S(=O)(=O)Nc3noc(C4CC4)n3)cc2C1. The van der Waals surface area contributed by atoms with Crippen LogP contribution in [-0.4, -0.2) is 48.0 Å². The van der Waals surface area contributed by atoms with E-state index >= 15 is 0 Å². The predicted molar refractivity (Wildman–Crippen MR) is 122 cm³/mol. The topological polar surface area (TPSA) is 110 Å². The van der Waals surface area contributed by atoms with E-state index in [1.165, 1.54) is 0 Å². The van der Waals surface area contributed by atoms with Crippen molar-refractivity contribution in [1.29, 1.82) is 0 Å². The highest BCUT2D eigenvalue weighted by atomic mass is 32.2. The molecule has 2 aromatic heterocycles. The molecule has 0 saturated heterocycles. The molecule has 3 heterocycles. The number of ether oxygens (including phenoxy) is 1. The standard InChI is InChI=1S/C23H25F2N5O4S/c1-14(17-5-7-21(26-11-17)33-13-20(24)25)30-9-8-15-4-6-19(10-18(15)12-30)35(31,32)29-23-27-22(34-28-23)16-2-3-16/h4-7,10-11,14,16,20H,2-3,8-9,12-13H2,1H3,(H,28,29). The van der Waals surface area contributed by atoms with Crippen LogP contribution in [0.5, 0.6) is 5.88 Å². The van der Waals surface area contributed by atoms with Crippen molar-refractivity contribution in [2.24, 2.45) is 0 Å². The molecule has 12 heteroatoms. The molecule has 1 N–H and O–H groups in total. The first-order valence-electron chi connectivity index (χ1n) is 11.4. The molecule has 3 aromatic rings. The first-order valence-corrected chi connectivity index (χ1v) is 12.9. The quantitative estimate of drug-likeness (QED) is 0.466. The maximum atomic E-state index is 12.9. The Labute approximate surface area is 201 Å². The molecule has 1 aromatic carbocycles. The van der Waals surface area contributed by atoms with Crippen molar-refractivity contribution >= 4 is 16.0 Å². The second kappa shape index (κ2) is 9.50. The van der Waals surface area contributed by atoms with E-state index in [0.717, 1.165) is 42.5 Å². The molecule has 0 amide bonds. The number of hydrogen-bond acceptors (Lipinski definition) is 8. The van der Waals surface area contributed by atoms with Crippen molar-refractivity contribution in [1.82, 2.24) is 20.0 Å². The van der Waals surface area contributed by atoms with Gasteiger partial charge >= 0.3 is 0 Å². The number of hydrogen-bond donors (Lipinski definition) is 1. The van der Waals surface area contributed by atoms with Crippen LogP contribution >= 0.6 is 0 Å². The van der Waals surface area contributed by atoms with E-state index in [2.05, 4.69) is 24.7 Å². The highest BCUT2D eigenvalue weighted by molar-refractivity contribution is 7.92. The average molecular weight is 506 g/mol. The zero-order valence-corrected chi connectivity index (χ0v) is 19.8. The number of alkyl halides is 2. The molecule has 1 aliphatic carbocycles. The second-order valence-electron chi connectivity index (χ2n) is 8.79. The monoisotopic (exact) mass is 505 g/mol. The maximum Gasteiger partial charge on any atom is 0.277 e. The van der Waals surface area contributed by atoms with Gasteiger partial charge in [-0.1, -0.05) is 12.1 Å². The summed E-state index contributed by atoms with van der Waals surface area (Å²) in [5.41, 5.74) is 2.92. The Morgan fingerprint density at radius 2 is 2.06 bits per heavy atom. The van der Waals surface area contributed by atoms with Gasteiger partial charge in [0.2, 0.25) is 11.8 Å². The molecular formula is C23H25F2N5O4S. The molecule has 9 nitrogen and oxygen atoms in total. The van der Waals surface area contributed by atoms with Gasteiger partial charge in [0.25, 0.3) is 22.4 Å². The summed E-state index contributed by atoms with van der Waals surface area (Å²) >= 11 is 0. The smallest absolute Gasteiger partial charge is 0.277 e. The third-order valence-electron chi connectivity index (χ3n) is 6.27. The number of nitrogens with one attached hydrogen (secondary N) is 1. The Morgan fingerprint density at radius 1 is 1.23 bits per heavy atom. The number of benzene rings is 1. The van der Waals surface area contributed by atoms with E-state index < -0.39 is 23.1 Å². The minimum absolute atomic E-state index is 0.0154. The Hall–Kier alpha value is -3.12. The number of anilines is 1. The lowest BCUT2D eigenvalue weighted by atomic mass is 9.97. The first kappa shape index (κ1) is 23.6. The Balaban J connectivity index is 1.27. The first-order chi connectivity index (χ1) is 16.8. The molecule has 1 saturated carbocycles. The van der Waals surface area contributed by atoms with Gasteiger partial charge in [0, 0.05) is 37.3 Å². The van der Waals surface area contributed by atoms with Gasteiger partial charge in [0.15, 0.2) is 6.61 Å². The fourth-order valence-corrected chi connectivity index (χ4v) is 5.07. The van der Waals surface area contributed by atoms with Crippen LogP contribution in [0.2, 0.25) is 0 Å². The van der Waals surface area contributed by atoms with Gasteiger partial charge in [0.1, 0.15) is 0 Å². The zero-order valence-electron chi connectivity index (χ0n) is 19.0. The molecule has 35 heavy (non-hydrogen) atoms. The predicted octanol–water partition coefficient (Wildman–Crippen LogP) is 3.91. The molecule has 186 valence electrons. The minimum atomic E-state index is -3.88. The molecule has 0 spiro atoms. The number of halogens is 2. The lowest BCUT2D eigenvalue weighted by Crippen LogP contribution is -2.33. The lowest BCUT2D eigenvalue weighted by Gasteiger charge is -2.34. The number of pyridine rings is 1. The fourth-order valence-electron chi connectivity index (χ4n) is 4.09. The summed E-state index contributed by atoms with van der Waals surface area (Å²) in [6.07, 6.45) is 1.78. The molecule has 1 atom stereocenters. The molecule has 1 unspecified atom stereocenters. The van der Waals surface area contributed by atoms with E-state index in [4.69, 9.17) is 9.26 Å². The molecule has 5 rings (SSSR count). The normalized spacial score (nSPS) is 17.3. The van der Waals surface area contributed by atoms with E-state index in [-0.39, 0.29) is 28.7 Å². The average Bonchev–Trinajstić information content (AvgIpc) is 3.60. The summed E-state index contributed by atoms with van der Waals surface area (Å²) in [5.74, 6) is 0.779. The fraction of sp³-hybridized carbons (Fsp3) is 0.435. The van der Waals surface area contributed by atoms with Gasteiger partial charge in [-0.15, -0.1) is 0 Å². The summed E-state index contributed by atoms with van der Waals surface area (Å²) in [5, 5.41) is 3.73. The lowest BCUT2D eigenvalue weighted by molar-refractivity contribution is 0.0795. The summed E-state index contributed by atoms with van der Waals surface area (Å²) in [6, 6.07) is 8.48. The van der Waals surface area contributed by atoms with Crippen molar-refractivity contribution in [2.75, 3.05) is 17.9 Å².